The molecule has 1 rings (SSSR count). The van der Waals surface area contributed by atoms with Gasteiger partial charge >= 0.3 is 0 Å². The van der Waals surface area contributed by atoms with Crippen LogP contribution in [-0.4, -0.2) is 5.11 Å². The van der Waals surface area contributed by atoms with E-state index in [0.717, 1.165) is 12.1 Å². The maximum absolute atomic E-state index is 13.2. The molecule has 0 saturated carbocycles. The van der Waals surface area contributed by atoms with Crippen molar-refractivity contribution in [3.8, 4) is 6.07 Å². The fourth-order valence-corrected chi connectivity index (χ4v) is 1.38. The summed E-state index contributed by atoms with van der Waals surface area (Å²) in [5.41, 5.74) is -0.425. The van der Waals surface area contributed by atoms with Gasteiger partial charge in [-0.05, 0) is 18.6 Å². The van der Waals surface area contributed by atoms with Crippen LogP contribution in [0.4, 0.5) is 8.78 Å². The Morgan fingerprint density at radius 3 is 2.33 bits per heavy atom. The number of halogens is 2. The molecule has 1 aromatic rings. The molecule has 0 aliphatic rings. The third kappa shape index (κ3) is 2.31. The number of nitrogens with zero attached hydrogens (tertiary/aromatic N) is 1. The van der Waals surface area contributed by atoms with E-state index in [1.54, 1.807) is 6.92 Å². The van der Waals surface area contributed by atoms with Crippen molar-refractivity contribution in [3.05, 3.63) is 35.4 Å². The molecule has 0 fully saturated rings. The van der Waals surface area contributed by atoms with Gasteiger partial charge in [-0.25, -0.2) is 8.78 Å². The van der Waals surface area contributed by atoms with E-state index in [-0.39, 0.29) is 0 Å². The Kier molecular flexibility index (Phi) is 3.75. The maximum Gasteiger partial charge on any atom is 0.131 e. The van der Waals surface area contributed by atoms with E-state index in [2.05, 4.69) is 0 Å². The molecule has 4 heteroatoms. The zero-order valence-electron chi connectivity index (χ0n) is 8.24. The average Bonchev–Trinajstić information content (AvgIpc) is 2.19. The second kappa shape index (κ2) is 4.85. The zero-order valence-corrected chi connectivity index (χ0v) is 8.24. The second-order valence-corrected chi connectivity index (χ2v) is 3.22. The number of aliphatic hydroxyl groups excluding tert-OH is 1. The van der Waals surface area contributed by atoms with Crippen LogP contribution in [0.2, 0.25) is 0 Å². The van der Waals surface area contributed by atoms with E-state index in [1.807, 2.05) is 6.07 Å². The maximum atomic E-state index is 13.2. The standard InChI is InChI=1S/C11H11F2NO/c1-2-7(6-14)11(15)10-8(12)4-3-5-9(10)13/h3-5,7,11,15H,2H2,1H3. The average molecular weight is 211 g/mol. The number of hydrogen-bond acceptors (Lipinski definition) is 2. The lowest BCUT2D eigenvalue weighted by Gasteiger charge is -2.16. The van der Waals surface area contributed by atoms with Gasteiger partial charge in [-0.3, -0.25) is 0 Å². The highest BCUT2D eigenvalue weighted by atomic mass is 19.1. The molecular weight excluding hydrogens is 200 g/mol. The predicted octanol–water partition coefficient (Wildman–Crippen LogP) is 2.55. The van der Waals surface area contributed by atoms with Crippen LogP contribution < -0.4 is 0 Å². The number of rotatable bonds is 3. The molecule has 80 valence electrons. The highest BCUT2D eigenvalue weighted by Crippen LogP contribution is 2.28. The van der Waals surface area contributed by atoms with Crippen molar-refractivity contribution in [2.24, 2.45) is 5.92 Å². The lowest BCUT2D eigenvalue weighted by molar-refractivity contribution is 0.124. The van der Waals surface area contributed by atoms with E-state index in [1.165, 1.54) is 6.07 Å². The van der Waals surface area contributed by atoms with Gasteiger partial charge < -0.3 is 5.11 Å². The van der Waals surface area contributed by atoms with Crippen LogP contribution >= 0.6 is 0 Å². The summed E-state index contributed by atoms with van der Waals surface area (Å²) in [7, 11) is 0. The first kappa shape index (κ1) is 11.6. The summed E-state index contributed by atoms with van der Waals surface area (Å²) in [6.07, 6.45) is -1.08. The van der Waals surface area contributed by atoms with Gasteiger partial charge in [-0.2, -0.15) is 5.26 Å². The van der Waals surface area contributed by atoms with Crippen LogP contribution in [0.3, 0.4) is 0 Å². The molecule has 0 radical (unpaired) electrons. The van der Waals surface area contributed by atoms with Crippen molar-refractivity contribution in [3.63, 3.8) is 0 Å². The third-order valence-electron chi connectivity index (χ3n) is 2.28. The molecule has 0 aliphatic carbocycles. The summed E-state index contributed by atoms with van der Waals surface area (Å²) >= 11 is 0. The summed E-state index contributed by atoms with van der Waals surface area (Å²) in [5, 5.41) is 18.3. The lowest BCUT2D eigenvalue weighted by atomic mass is 9.94. The van der Waals surface area contributed by atoms with Crippen molar-refractivity contribution < 1.29 is 13.9 Å². The van der Waals surface area contributed by atoms with Crippen LogP contribution in [0.15, 0.2) is 18.2 Å². The molecule has 0 amide bonds. The Balaban J connectivity index is 3.11. The van der Waals surface area contributed by atoms with Gasteiger partial charge in [-0.1, -0.05) is 13.0 Å². The van der Waals surface area contributed by atoms with Gasteiger partial charge in [0, 0.05) is 0 Å². The molecule has 15 heavy (non-hydrogen) atoms. The molecule has 1 aromatic carbocycles. The quantitative estimate of drug-likeness (QED) is 0.834. The number of hydrogen-bond donors (Lipinski definition) is 1. The van der Waals surface area contributed by atoms with Gasteiger partial charge in [-0.15, -0.1) is 0 Å². The largest absolute Gasteiger partial charge is 0.387 e. The normalized spacial score (nSPS) is 14.3. The third-order valence-corrected chi connectivity index (χ3v) is 2.28. The van der Waals surface area contributed by atoms with Gasteiger partial charge in [0.25, 0.3) is 0 Å². The van der Waals surface area contributed by atoms with E-state index in [9.17, 15) is 13.9 Å². The molecule has 0 bridgehead atoms. The van der Waals surface area contributed by atoms with Crippen molar-refractivity contribution in [1.82, 2.24) is 0 Å². The Morgan fingerprint density at radius 1 is 1.40 bits per heavy atom. The van der Waals surface area contributed by atoms with Crippen molar-refractivity contribution in [1.29, 1.82) is 5.26 Å². The molecule has 1 N–H and O–H groups in total. The summed E-state index contributed by atoms with van der Waals surface area (Å²) < 4.78 is 26.4. The van der Waals surface area contributed by atoms with Gasteiger partial charge in [0.05, 0.1) is 17.6 Å². The minimum Gasteiger partial charge on any atom is -0.387 e. The van der Waals surface area contributed by atoms with Crippen LogP contribution in [-0.2, 0) is 0 Å². The van der Waals surface area contributed by atoms with E-state index < -0.39 is 29.2 Å². The van der Waals surface area contributed by atoms with Crippen molar-refractivity contribution in [2.45, 2.75) is 19.4 Å². The van der Waals surface area contributed by atoms with Crippen molar-refractivity contribution in [2.75, 3.05) is 0 Å². The SMILES string of the molecule is CCC(C#N)C(O)c1c(F)cccc1F. The minimum absolute atomic E-state index is 0.339. The molecule has 2 unspecified atom stereocenters. The highest BCUT2D eigenvalue weighted by Gasteiger charge is 2.24. The Morgan fingerprint density at radius 2 is 1.93 bits per heavy atom. The predicted molar refractivity (Wildman–Crippen MR) is 50.7 cm³/mol. The van der Waals surface area contributed by atoms with Crippen molar-refractivity contribution >= 4 is 0 Å². The molecule has 0 spiro atoms. The molecule has 0 aromatic heterocycles. The summed E-state index contributed by atoms with van der Waals surface area (Å²) in [4.78, 5) is 0. The molecule has 0 aliphatic heterocycles. The van der Waals surface area contributed by atoms with E-state index in [4.69, 9.17) is 5.26 Å². The highest BCUT2D eigenvalue weighted by molar-refractivity contribution is 5.23. The fourth-order valence-electron chi connectivity index (χ4n) is 1.38. The summed E-state index contributed by atoms with van der Waals surface area (Å²) in [6.45, 7) is 1.68. The molecule has 0 heterocycles. The van der Waals surface area contributed by atoms with E-state index >= 15 is 0 Å². The topological polar surface area (TPSA) is 44.0 Å². The Labute approximate surface area is 86.8 Å². The lowest BCUT2D eigenvalue weighted by Crippen LogP contribution is -2.13. The molecule has 2 atom stereocenters. The second-order valence-electron chi connectivity index (χ2n) is 3.22. The van der Waals surface area contributed by atoms with Crippen LogP contribution in [0.1, 0.15) is 25.0 Å². The zero-order chi connectivity index (χ0) is 11.4. The first-order valence-electron chi connectivity index (χ1n) is 4.63. The van der Waals surface area contributed by atoms with Gasteiger partial charge in [0.1, 0.15) is 17.7 Å². The van der Waals surface area contributed by atoms with Gasteiger partial charge in [0.15, 0.2) is 0 Å². The molecule has 2 nitrogen and oxygen atoms in total. The summed E-state index contributed by atoms with van der Waals surface area (Å²) in [6, 6.07) is 5.16. The minimum atomic E-state index is -1.42. The van der Waals surface area contributed by atoms with Gasteiger partial charge in [0.2, 0.25) is 0 Å². The molecular formula is C11H11F2NO. The Hall–Kier alpha value is -1.47. The fraction of sp³-hybridized carbons (Fsp3) is 0.364. The van der Waals surface area contributed by atoms with Crippen LogP contribution in [0.25, 0.3) is 0 Å². The van der Waals surface area contributed by atoms with Crippen LogP contribution in [0, 0.1) is 28.9 Å². The summed E-state index contributed by atoms with van der Waals surface area (Å²) in [5.74, 6) is -2.44. The Bertz CT molecular complexity index is 366. The smallest absolute Gasteiger partial charge is 0.131 e. The first-order valence-corrected chi connectivity index (χ1v) is 4.63. The monoisotopic (exact) mass is 211 g/mol. The van der Waals surface area contributed by atoms with E-state index in [0.29, 0.717) is 6.42 Å². The molecule has 0 saturated heterocycles. The number of nitriles is 1. The number of benzene rings is 1. The van der Waals surface area contributed by atoms with Crippen LogP contribution in [0.5, 0.6) is 0 Å². The first-order chi connectivity index (χ1) is 7.11. The number of aliphatic hydroxyl groups is 1.